The van der Waals surface area contributed by atoms with Crippen LogP contribution in [0.15, 0.2) is 65.7 Å². The van der Waals surface area contributed by atoms with Crippen molar-refractivity contribution in [3.8, 4) is 0 Å². The van der Waals surface area contributed by atoms with Crippen molar-refractivity contribution in [2.24, 2.45) is 45.7 Å². The summed E-state index contributed by atoms with van der Waals surface area (Å²) < 4.78 is 5.37. The molecule has 10 amide bonds. The number of hydrogen-bond donors (Lipinski definition) is 18. The zero-order valence-electron chi connectivity index (χ0n) is 48.5. The van der Waals surface area contributed by atoms with E-state index in [0.717, 1.165) is 6.92 Å². The minimum absolute atomic E-state index is 0.0376. The Morgan fingerprint density at radius 2 is 1.12 bits per heavy atom. The van der Waals surface area contributed by atoms with Gasteiger partial charge in [-0.25, -0.2) is 9.59 Å². The number of ether oxygens (including phenoxy) is 1. The number of aliphatic imine (C=N–C) groups is 1. The smallest absolute Gasteiger partial charge is 0.408 e. The molecular formula is C54H84N14O17. The van der Waals surface area contributed by atoms with Crippen LogP contribution in [0.3, 0.4) is 0 Å². The molecule has 0 saturated heterocycles. The van der Waals surface area contributed by atoms with Crippen molar-refractivity contribution in [1.29, 1.82) is 0 Å². The second-order valence-corrected chi connectivity index (χ2v) is 20.8. The lowest BCUT2D eigenvalue weighted by Crippen LogP contribution is -2.63. The predicted molar refractivity (Wildman–Crippen MR) is 305 cm³/mol. The average molecular weight is 1200 g/mol. The Morgan fingerprint density at radius 1 is 0.600 bits per heavy atom. The number of aliphatic carboxylic acids is 1. The molecule has 0 unspecified atom stereocenters. The van der Waals surface area contributed by atoms with E-state index in [0.29, 0.717) is 11.1 Å². The maximum Gasteiger partial charge on any atom is 0.408 e. The van der Waals surface area contributed by atoms with E-state index < -0.39 is 163 Å². The molecule has 472 valence electrons. The van der Waals surface area contributed by atoms with E-state index in [1.165, 1.54) is 0 Å². The van der Waals surface area contributed by atoms with Gasteiger partial charge in [-0.15, -0.1) is 0 Å². The highest BCUT2D eigenvalue weighted by Crippen LogP contribution is 2.18. The van der Waals surface area contributed by atoms with Crippen LogP contribution >= 0.6 is 0 Å². The topological polar surface area (TPSA) is 523 Å². The molecule has 13 atom stereocenters. The SMILES string of the molecule is CC[C@H](C)[C@H](NC(=O)[C@@H](CCCN=C(N)N)NC(=O)[C@H](CC(C)C)NC(=O)[C@@H](NC(=O)[C@@H](NC(=O)OCc1ccccc1)[C@H](N)c1ccccc1)[C@H](O)C(C)C)C(=O)N[C@H](C(=O)NCC(=O)N[C@H](C(=O)N[C@@H](CO)C(=O)O)[C@H](O)C(N)=O)[C@H](C)O. The van der Waals surface area contributed by atoms with Gasteiger partial charge in [0.1, 0.15) is 54.9 Å². The number of alkyl carbamates (subject to hydrolysis) is 1. The fourth-order valence-electron chi connectivity index (χ4n) is 8.03. The van der Waals surface area contributed by atoms with Gasteiger partial charge in [-0.05, 0) is 55.1 Å². The molecule has 0 aliphatic carbocycles. The van der Waals surface area contributed by atoms with Crippen LogP contribution in [0.2, 0.25) is 0 Å². The summed E-state index contributed by atoms with van der Waals surface area (Å²) in [6.45, 7) is 8.54. The number of carbonyl (C=O) groups is 11. The van der Waals surface area contributed by atoms with E-state index in [9.17, 15) is 78.3 Å². The number of nitrogens with one attached hydrogen (secondary N) is 9. The minimum atomic E-state index is -2.43. The zero-order chi connectivity index (χ0) is 64.2. The highest BCUT2D eigenvalue weighted by atomic mass is 16.5. The second-order valence-electron chi connectivity index (χ2n) is 20.8. The normalized spacial score (nSPS) is 15.7. The Balaban J connectivity index is 2.44. The summed E-state index contributed by atoms with van der Waals surface area (Å²) in [5, 5.41) is 71.7. The van der Waals surface area contributed by atoms with Gasteiger partial charge in [0.05, 0.1) is 31.4 Å². The molecule has 31 heteroatoms. The third-order valence-corrected chi connectivity index (χ3v) is 13.1. The molecule has 0 saturated carbocycles. The number of aliphatic hydroxyl groups is 4. The summed E-state index contributed by atoms with van der Waals surface area (Å²) in [4.78, 5) is 151. The van der Waals surface area contributed by atoms with E-state index in [-0.39, 0.29) is 50.7 Å². The maximum absolute atomic E-state index is 14.4. The first kappa shape index (κ1) is 72.6. The fraction of sp³-hybridized carbons (Fsp3) is 0.556. The molecule has 0 fully saturated rings. The van der Waals surface area contributed by atoms with Crippen LogP contribution in [-0.4, -0.2) is 183 Å². The number of carboxylic acids is 1. The molecule has 0 aliphatic heterocycles. The quantitative estimate of drug-likeness (QED) is 0.0172. The van der Waals surface area contributed by atoms with Gasteiger partial charge in [-0.2, -0.15) is 0 Å². The van der Waals surface area contributed by atoms with E-state index in [2.05, 4.69) is 42.2 Å². The third kappa shape index (κ3) is 24.7. The first-order valence-electron chi connectivity index (χ1n) is 27.3. The Hall–Kier alpha value is -8.52. The first-order valence-corrected chi connectivity index (χ1v) is 27.3. The second kappa shape index (κ2) is 36.2. The minimum Gasteiger partial charge on any atom is -0.480 e. The number of benzene rings is 2. The number of amides is 10. The molecule has 22 N–H and O–H groups in total. The molecule has 85 heavy (non-hydrogen) atoms. The van der Waals surface area contributed by atoms with Crippen LogP contribution in [-0.2, 0) is 59.3 Å². The first-order chi connectivity index (χ1) is 39.9. The Kier molecular flexibility index (Phi) is 31.0. The molecule has 31 nitrogen and oxygen atoms in total. The van der Waals surface area contributed by atoms with Crippen LogP contribution < -0.4 is 70.8 Å². The van der Waals surface area contributed by atoms with Crippen LogP contribution in [0, 0.1) is 17.8 Å². The number of nitrogens with two attached hydrogens (primary N) is 4. The largest absolute Gasteiger partial charge is 0.480 e. The highest BCUT2D eigenvalue weighted by Gasteiger charge is 2.40. The van der Waals surface area contributed by atoms with Gasteiger partial charge in [0, 0.05) is 6.54 Å². The fourth-order valence-corrected chi connectivity index (χ4v) is 8.03. The summed E-state index contributed by atoms with van der Waals surface area (Å²) in [5.74, 6) is -14.1. The van der Waals surface area contributed by atoms with Crippen molar-refractivity contribution < 1.29 is 83.0 Å². The molecular weight excluding hydrogens is 1120 g/mol. The van der Waals surface area contributed by atoms with Crippen LogP contribution in [0.5, 0.6) is 0 Å². The number of primary amides is 1. The van der Waals surface area contributed by atoms with E-state index in [4.69, 9.17) is 27.7 Å². The van der Waals surface area contributed by atoms with Crippen molar-refractivity contribution in [3.05, 3.63) is 71.8 Å². The molecule has 2 aromatic rings. The molecule has 0 bridgehead atoms. The van der Waals surface area contributed by atoms with Crippen molar-refractivity contribution in [2.45, 2.75) is 153 Å². The van der Waals surface area contributed by atoms with Gasteiger partial charge < -0.3 is 101 Å². The molecule has 0 spiro atoms. The number of nitrogens with zero attached hydrogens (tertiary/aromatic N) is 1. The predicted octanol–water partition coefficient (Wildman–Crippen LogP) is -5.04. The lowest BCUT2D eigenvalue weighted by molar-refractivity contribution is -0.145. The van der Waals surface area contributed by atoms with Gasteiger partial charge in [-0.1, -0.05) is 109 Å². The monoisotopic (exact) mass is 1200 g/mol. The summed E-state index contributed by atoms with van der Waals surface area (Å²) in [6.07, 6.45) is -6.71. The van der Waals surface area contributed by atoms with Gasteiger partial charge in [0.25, 0.3) is 0 Å². The average Bonchev–Trinajstić information content (AvgIpc) is 3.57. The zero-order valence-corrected chi connectivity index (χ0v) is 48.5. The Bertz CT molecular complexity index is 2590. The molecule has 2 rings (SSSR count). The van der Waals surface area contributed by atoms with Gasteiger partial charge in [-0.3, -0.25) is 48.1 Å². The van der Waals surface area contributed by atoms with E-state index in [1.807, 2.05) is 5.32 Å². The molecule has 0 aromatic heterocycles. The number of aliphatic hydroxyl groups excluding tert-OH is 4. The van der Waals surface area contributed by atoms with Gasteiger partial charge in [0.2, 0.25) is 53.2 Å². The maximum atomic E-state index is 14.4. The molecule has 0 aliphatic rings. The lowest BCUT2D eigenvalue weighted by Gasteiger charge is -2.32. The summed E-state index contributed by atoms with van der Waals surface area (Å²) in [6, 6.07) is 1.90. The number of guanidine groups is 1. The number of rotatable bonds is 36. The lowest BCUT2D eigenvalue weighted by atomic mass is 9.95. The van der Waals surface area contributed by atoms with Crippen molar-refractivity contribution in [3.63, 3.8) is 0 Å². The van der Waals surface area contributed by atoms with Crippen LogP contribution in [0.1, 0.15) is 91.3 Å². The van der Waals surface area contributed by atoms with Gasteiger partial charge in [0.15, 0.2) is 12.1 Å². The molecule has 2 aromatic carbocycles. The summed E-state index contributed by atoms with van der Waals surface area (Å²) in [7, 11) is 0. The van der Waals surface area contributed by atoms with Crippen LogP contribution in [0.25, 0.3) is 0 Å². The summed E-state index contributed by atoms with van der Waals surface area (Å²) >= 11 is 0. The number of carbonyl (C=O) groups excluding carboxylic acids is 10. The molecule has 0 radical (unpaired) electrons. The van der Waals surface area contributed by atoms with Crippen molar-refractivity contribution in [1.82, 2.24) is 47.9 Å². The van der Waals surface area contributed by atoms with E-state index >= 15 is 0 Å². The van der Waals surface area contributed by atoms with Gasteiger partial charge >= 0.3 is 12.1 Å². The number of carboxylic acid groups (broad SMARTS) is 1. The molecule has 0 heterocycles. The number of hydrogen-bond acceptors (Lipinski definition) is 18. The van der Waals surface area contributed by atoms with E-state index in [1.54, 1.807) is 108 Å². The third-order valence-electron chi connectivity index (χ3n) is 13.1. The summed E-state index contributed by atoms with van der Waals surface area (Å²) in [5.41, 5.74) is 23.8. The standard InChI is InChI=1S/C54H84N14O17/c1-8-28(6)37(48(78)66-38(29(7)70)47(77)60-23-35(71)64-41(43(73)44(56)74)51(81)63-34(24-69)52(82)83)65-45(75)32(20-15-21-59-53(57)58)61-46(76)33(22-26(2)3)62-50(80)40(42(72)27(4)5)67-49(79)39(36(55)31-18-13-10-14-19-31)68-54(84)85-25-30-16-11-9-12-17-30/h9-14,16-19,26-29,32-34,36-43,69-70,72-73H,8,15,20-25,55H2,1-7H3,(H2,56,74)(H,60,77)(H,61,76)(H,62,80)(H,63,81)(H,64,71)(H,65,75)(H,66,78)(H,67,79)(H,68,84)(H,82,83)(H4,57,58,59)/t28-,29-,32+,33-,34-,36+,37-,38-,39-,40-,41-,42+,43-/m0/s1. The highest BCUT2D eigenvalue weighted by molar-refractivity contribution is 5.99. The van der Waals surface area contributed by atoms with Crippen molar-refractivity contribution >= 4 is 71.2 Å². The van der Waals surface area contributed by atoms with Crippen LogP contribution in [0.4, 0.5) is 4.79 Å². The van der Waals surface area contributed by atoms with Crippen molar-refractivity contribution in [2.75, 3.05) is 19.7 Å². The Labute approximate surface area is 491 Å². The Morgan fingerprint density at radius 3 is 1.65 bits per heavy atom.